The first-order valence-corrected chi connectivity index (χ1v) is 18.2. The number of aromatic hydroxyl groups is 1. The molecule has 4 aliphatic rings. The Morgan fingerprint density at radius 3 is 2.59 bits per heavy atom. The second-order valence-corrected chi connectivity index (χ2v) is 15.6. The number of phenolic OH excluding ortho intramolecular Hbond substituents is 1. The number of alkyl halides is 1. The average Bonchev–Trinajstić information content (AvgIpc) is 3.35. The first kappa shape index (κ1) is 31.7. The molecule has 246 valence electrons. The highest BCUT2D eigenvalue weighted by molar-refractivity contribution is 5.85. The number of hydrogen-bond acceptors (Lipinski definition) is 3. The monoisotopic (exact) mass is 625 g/mol. The normalized spacial score (nSPS) is 30.8. The molecule has 7 atom stereocenters. The quantitative estimate of drug-likeness (QED) is 0.234. The molecule has 3 unspecified atom stereocenters. The summed E-state index contributed by atoms with van der Waals surface area (Å²) in [5.74, 6) is 1.75. The fraction of sp³-hybridized carbons (Fsp3) is 0.585. The van der Waals surface area contributed by atoms with Gasteiger partial charge in [-0.3, -0.25) is 4.79 Å². The highest BCUT2D eigenvalue weighted by atomic mass is 19.1. The summed E-state index contributed by atoms with van der Waals surface area (Å²) in [6.45, 7) is 3.76. The van der Waals surface area contributed by atoms with Crippen LogP contribution in [0.25, 0.3) is 10.8 Å². The number of amides is 1. The third-order valence-corrected chi connectivity index (χ3v) is 12.8. The largest absolute Gasteiger partial charge is 0.508 e. The van der Waals surface area contributed by atoms with Gasteiger partial charge in [0, 0.05) is 19.0 Å². The number of aliphatic hydroxyl groups excluding tert-OH is 1. The lowest BCUT2D eigenvalue weighted by molar-refractivity contribution is -0.131. The van der Waals surface area contributed by atoms with E-state index in [0.717, 1.165) is 68.3 Å². The molecule has 3 fully saturated rings. The molecule has 4 nitrogen and oxygen atoms in total. The van der Waals surface area contributed by atoms with Crippen LogP contribution in [0.1, 0.15) is 100 Å². The molecule has 5 heteroatoms. The zero-order chi connectivity index (χ0) is 31.8. The number of phenols is 1. The highest BCUT2D eigenvalue weighted by Gasteiger charge is 2.59. The first-order chi connectivity index (χ1) is 22.3. The summed E-state index contributed by atoms with van der Waals surface area (Å²) in [4.78, 5) is 16.0. The van der Waals surface area contributed by atoms with Crippen molar-refractivity contribution in [1.29, 1.82) is 0 Å². The lowest BCUT2D eigenvalue weighted by atomic mass is 9.51. The van der Waals surface area contributed by atoms with E-state index in [1.165, 1.54) is 42.9 Å². The summed E-state index contributed by atoms with van der Waals surface area (Å²) < 4.78 is 16.2. The maximum atomic E-state index is 16.2. The first-order valence-electron chi connectivity index (χ1n) is 18.2. The fourth-order valence-electron chi connectivity index (χ4n) is 10.4. The number of rotatable bonds is 9. The van der Waals surface area contributed by atoms with E-state index >= 15 is 4.39 Å². The van der Waals surface area contributed by atoms with Crippen LogP contribution < -0.4 is 0 Å². The Morgan fingerprint density at radius 2 is 1.76 bits per heavy atom. The van der Waals surface area contributed by atoms with Gasteiger partial charge in [0.25, 0.3) is 0 Å². The van der Waals surface area contributed by atoms with Crippen LogP contribution >= 0.6 is 0 Å². The Balaban J connectivity index is 1.05. The molecule has 46 heavy (non-hydrogen) atoms. The van der Waals surface area contributed by atoms with Gasteiger partial charge in [0.2, 0.25) is 5.91 Å². The molecule has 3 aromatic carbocycles. The van der Waals surface area contributed by atoms with E-state index in [1.807, 2.05) is 12.1 Å². The molecule has 0 spiro atoms. The molecule has 3 saturated carbocycles. The van der Waals surface area contributed by atoms with Crippen LogP contribution in [-0.4, -0.2) is 46.4 Å². The third-order valence-electron chi connectivity index (χ3n) is 12.8. The topological polar surface area (TPSA) is 60.8 Å². The average molecular weight is 626 g/mol. The molecule has 7 rings (SSSR count). The summed E-state index contributed by atoms with van der Waals surface area (Å²) in [6.07, 6.45) is 11.2. The number of benzene rings is 3. The number of carbonyl (C=O) groups excluding carboxylic acids is 1. The number of carbonyl (C=O) groups is 1. The van der Waals surface area contributed by atoms with Crippen molar-refractivity contribution in [3.05, 3.63) is 77.4 Å². The number of halogens is 1. The van der Waals surface area contributed by atoms with Crippen molar-refractivity contribution in [2.45, 2.75) is 109 Å². The van der Waals surface area contributed by atoms with Gasteiger partial charge in [0.05, 0.1) is 12.5 Å². The molecule has 0 bridgehead atoms. The van der Waals surface area contributed by atoms with Crippen LogP contribution in [0.2, 0.25) is 0 Å². The van der Waals surface area contributed by atoms with E-state index in [9.17, 15) is 15.0 Å². The van der Waals surface area contributed by atoms with E-state index < -0.39 is 12.3 Å². The van der Waals surface area contributed by atoms with Gasteiger partial charge in [-0.25, -0.2) is 4.39 Å². The van der Waals surface area contributed by atoms with Crippen LogP contribution in [0.3, 0.4) is 0 Å². The van der Waals surface area contributed by atoms with Crippen LogP contribution in [0.4, 0.5) is 4.39 Å². The standard InChI is InChI=1S/C41H52FNO3/c1-41-25-36(42)40-34-17-16-33(44)24-32(34)23-31(39(40)35(41)18-19-37(41)45)13-7-8-20-43(26-27-9-3-2-4-10-27)38(46)22-28-14-15-29-11-5-6-12-30(29)21-28/h5-6,11-12,14-17,21,24,27,31,35-37,39-40,44-45H,2-4,7-10,13,18-20,22-23,25-26H2,1H3/t31-,35?,36+,37+,39?,40?,41+/m1/s1. The van der Waals surface area contributed by atoms with Crippen molar-refractivity contribution >= 4 is 16.7 Å². The fourth-order valence-corrected chi connectivity index (χ4v) is 10.4. The van der Waals surface area contributed by atoms with Crippen LogP contribution in [0, 0.1) is 29.1 Å². The molecule has 3 aromatic rings. The Labute approximate surface area is 274 Å². The van der Waals surface area contributed by atoms with Gasteiger partial charge in [-0.05, 0) is 120 Å². The van der Waals surface area contributed by atoms with E-state index in [2.05, 4.69) is 54.3 Å². The summed E-state index contributed by atoms with van der Waals surface area (Å²) in [5, 5.41) is 23.7. The Hall–Kier alpha value is -2.92. The van der Waals surface area contributed by atoms with Crippen LogP contribution in [0.5, 0.6) is 5.75 Å². The van der Waals surface area contributed by atoms with Crippen molar-refractivity contribution in [1.82, 2.24) is 4.90 Å². The van der Waals surface area contributed by atoms with Gasteiger partial charge < -0.3 is 15.1 Å². The summed E-state index contributed by atoms with van der Waals surface area (Å²) in [7, 11) is 0. The summed E-state index contributed by atoms with van der Waals surface area (Å²) in [6, 6.07) is 20.3. The summed E-state index contributed by atoms with van der Waals surface area (Å²) >= 11 is 0. The van der Waals surface area contributed by atoms with Crippen molar-refractivity contribution < 1.29 is 19.4 Å². The molecule has 0 aromatic heterocycles. The van der Waals surface area contributed by atoms with Crippen molar-refractivity contribution in [3.8, 4) is 5.75 Å². The second-order valence-electron chi connectivity index (χ2n) is 15.6. The van der Waals surface area contributed by atoms with Gasteiger partial charge >= 0.3 is 0 Å². The number of unbranched alkanes of at least 4 members (excludes halogenated alkanes) is 1. The number of hydrogen-bond donors (Lipinski definition) is 2. The predicted molar refractivity (Wildman–Crippen MR) is 183 cm³/mol. The predicted octanol–water partition coefficient (Wildman–Crippen LogP) is 8.76. The molecule has 2 N–H and O–H groups in total. The van der Waals surface area contributed by atoms with Crippen molar-refractivity contribution in [2.24, 2.45) is 29.1 Å². The lowest BCUT2D eigenvalue weighted by Crippen LogP contribution is -2.51. The van der Waals surface area contributed by atoms with E-state index in [1.54, 1.807) is 6.07 Å². The van der Waals surface area contributed by atoms with Crippen LogP contribution in [-0.2, 0) is 17.6 Å². The lowest BCUT2D eigenvalue weighted by Gasteiger charge is -2.54. The molecule has 0 heterocycles. The number of fused-ring (bicyclic) bond motifs is 6. The molecule has 1 amide bonds. The number of aliphatic hydroxyl groups is 1. The zero-order valence-corrected chi connectivity index (χ0v) is 27.5. The minimum Gasteiger partial charge on any atom is -0.508 e. The molecular weight excluding hydrogens is 573 g/mol. The maximum Gasteiger partial charge on any atom is 0.226 e. The Bertz CT molecular complexity index is 1530. The zero-order valence-electron chi connectivity index (χ0n) is 27.5. The second kappa shape index (κ2) is 13.3. The van der Waals surface area contributed by atoms with Gasteiger partial charge in [-0.15, -0.1) is 0 Å². The van der Waals surface area contributed by atoms with E-state index in [-0.39, 0.29) is 28.9 Å². The third kappa shape index (κ3) is 6.21. The molecule has 4 aliphatic carbocycles. The maximum absolute atomic E-state index is 16.2. The van der Waals surface area contributed by atoms with Gasteiger partial charge in [0.15, 0.2) is 0 Å². The van der Waals surface area contributed by atoms with Gasteiger partial charge in [0.1, 0.15) is 11.9 Å². The van der Waals surface area contributed by atoms with Crippen molar-refractivity contribution in [2.75, 3.05) is 13.1 Å². The van der Waals surface area contributed by atoms with E-state index in [0.29, 0.717) is 30.6 Å². The highest BCUT2D eigenvalue weighted by Crippen LogP contribution is 2.63. The molecule has 0 radical (unpaired) electrons. The molecule has 0 saturated heterocycles. The Morgan fingerprint density at radius 1 is 0.957 bits per heavy atom. The minimum atomic E-state index is -0.983. The Kier molecular flexibility index (Phi) is 9.15. The SMILES string of the molecule is C[C@]12C[C@H](F)C3c4ccc(O)cc4C[C@@H](CCCCN(CC4CCCCC4)C(=O)Cc4ccc5ccccc5c4)C3C1CC[C@@H]2O. The van der Waals surface area contributed by atoms with Crippen LogP contribution in [0.15, 0.2) is 60.7 Å². The molecular formula is C41H52FNO3. The van der Waals surface area contributed by atoms with E-state index in [4.69, 9.17) is 0 Å². The van der Waals surface area contributed by atoms with Gasteiger partial charge in [-0.1, -0.05) is 81.1 Å². The minimum absolute atomic E-state index is 0.163. The smallest absolute Gasteiger partial charge is 0.226 e. The molecule has 0 aliphatic heterocycles. The summed E-state index contributed by atoms with van der Waals surface area (Å²) in [5.41, 5.74) is 2.89. The number of nitrogens with zero attached hydrogens (tertiary/aromatic N) is 1. The van der Waals surface area contributed by atoms with Crippen molar-refractivity contribution in [3.63, 3.8) is 0 Å². The van der Waals surface area contributed by atoms with Gasteiger partial charge in [-0.2, -0.15) is 0 Å².